The van der Waals surface area contributed by atoms with Crippen LogP contribution in [0.1, 0.15) is 52.5 Å². The lowest BCUT2D eigenvalue weighted by Crippen LogP contribution is -2.37. The first kappa shape index (κ1) is 26.6. The van der Waals surface area contributed by atoms with E-state index in [2.05, 4.69) is 100 Å². The highest BCUT2D eigenvalue weighted by atomic mass is 32.2. The van der Waals surface area contributed by atoms with Crippen molar-refractivity contribution in [2.75, 3.05) is 37.0 Å². The van der Waals surface area contributed by atoms with Crippen LogP contribution in [0.5, 0.6) is 0 Å². The van der Waals surface area contributed by atoms with Gasteiger partial charge in [-0.05, 0) is 82.8 Å². The molecule has 0 aliphatic carbocycles. The number of hydrogen-bond donors (Lipinski definition) is 1. The second-order valence-corrected chi connectivity index (χ2v) is 12.5. The van der Waals surface area contributed by atoms with Crippen molar-refractivity contribution in [2.45, 2.75) is 24.7 Å². The number of anilines is 2. The SMILES string of the molecule is CN(C)c1ccc(/C=C2\SC(=Nc3cc4c5c(c3)[C@@H](c3ccccc3)CCN5CC[C@@H]4c3ccccc3)NC2=O)cc1. The van der Waals surface area contributed by atoms with Gasteiger partial charge in [0, 0.05) is 50.4 Å². The summed E-state index contributed by atoms with van der Waals surface area (Å²) >= 11 is 1.41. The molecular weight excluding hydrogens is 536 g/mol. The van der Waals surface area contributed by atoms with Crippen LogP contribution >= 0.6 is 11.8 Å². The third kappa shape index (κ3) is 5.12. The highest BCUT2D eigenvalue weighted by Gasteiger charge is 2.35. The van der Waals surface area contributed by atoms with Gasteiger partial charge in [0.2, 0.25) is 0 Å². The van der Waals surface area contributed by atoms with Crippen molar-refractivity contribution in [2.24, 2.45) is 4.99 Å². The predicted octanol–water partition coefficient (Wildman–Crippen LogP) is 7.52. The molecule has 3 heterocycles. The fourth-order valence-electron chi connectivity index (χ4n) is 6.52. The normalized spacial score (nSPS) is 21.4. The molecule has 0 bridgehead atoms. The Kier molecular flexibility index (Phi) is 7.08. The fourth-order valence-corrected chi connectivity index (χ4v) is 7.36. The Balaban J connectivity index is 1.28. The van der Waals surface area contributed by atoms with Crippen LogP contribution in [0, 0.1) is 0 Å². The minimum absolute atomic E-state index is 0.106. The summed E-state index contributed by atoms with van der Waals surface area (Å²) in [6, 6.07) is 34.4. The largest absolute Gasteiger partial charge is 0.378 e. The van der Waals surface area contributed by atoms with Gasteiger partial charge in [-0.25, -0.2) is 4.99 Å². The number of carbonyl (C=O) groups excluding carboxylic acids is 1. The number of rotatable bonds is 5. The van der Waals surface area contributed by atoms with Crippen molar-refractivity contribution < 1.29 is 4.79 Å². The molecule has 1 saturated heterocycles. The summed E-state index contributed by atoms with van der Waals surface area (Å²) in [7, 11) is 4.04. The monoisotopic (exact) mass is 570 g/mol. The summed E-state index contributed by atoms with van der Waals surface area (Å²) in [5, 5.41) is 3.64. The Labute approximate surface area is 252 Å². The number of hydrogen-bond acceptors (Lipinski definition) is 5. The van der Waals surface area contributed by atoms with Gasteiger partial charge in [-0.1, -0.05) is 72.8 Å². The maximum atomic E-state index is 12.9. The Morgan fingerprint density at radius 3 is 1.95 bits per heavy atom. The number of nitrogens with one attached hydrogen (secondary N) is 1. The highest BCUT2D eigenvalue weighted by Crippen LogP contribution is 2.50. The zero-order valence-corrected chi connectivity index (χ0v) is 24.8. The molecule has 0 aromatic heterocycles. The minimum Gasteiger partial charge on any atom is -0.378 e. The second kappa shape index (κ2) is 11.2. The Morgan fingerprint density at radius 1 is 0.833 bits per heavy atom. The summed E-state index contributed by atoms with van der Waals surface area (Å²) in [6.07, 6.45) is 4.10. The van der Waals surface area contributed by atoms with Gasteiger partial charge >= 0.3 is 0 Å². The lowest BCUT2D eigenvalue weighted by molar-refractivity contribution is -0.115. The number of nitrogens with zero attached hydrogens (tertiary/aromatic N) is 3. The van der Waals surface area contributed by atoms with Crippen LogP contribution in [0.15, 0.2) is 107 Å². The number of aliphatic imine (C=N–C) groups is 1. The number of benzene rings is 4. The molecule has 5 nitrogen and oxygen atoms in total. The minimum atomic E-state index is -0.106. The molecule has 4 aromatic carbocycles. The van der Waals surface area contributed by atoms with Crippen molar-refractivity contribution in [3.63, 3.8) is 0 Å². The first-order chi connectivity index (χ1) is 20.5. The maximum absolute atomic E-state index is 12.9. The second-order valence-electron chi connectivity index (χ2n) is 11.4. The average molecular weight is 571 g/mol. The van der Waals surface area contributed by atoms with E-state index in [1.165, 1.54) is 39.7 Å². The molecular formula is C36H34N4OS. The molecule has 3 aliphatic rings. The number of amidine groups is 1. The molecule has 0 unspecified atom stereocenters. The predicted molar refractivity (Wildman–Crippen MR) is 176 cm³/mol. The van der Waals surface area contributed by atoms with Gasteiger partial charge in [0.15, 0.2) is 5.17 Å². The first-order valence-corrected chi connectivity index (χ1v) is 15.4. The molecule has 42 heavy (non-hydrogen) atoms. The Hall–Kier alpha value is -4.29. The molecule has 2 atom stereocenters. The van der Waals surface area contributed by atoms with E-state index in [0.717, 1.165) is 42.9 Å². The van der Waals surface area contributed by atoms with E-state index in [9.17, 15) is 4.79 Å². The quantitative estimate of drug-likeness (QED) is 0.252. The molecule has 0 saturated carbocycles. The van der Waals surface area contributed by atoms with Gasteiger partial charge in [-0.2, -0.15) is 0 Å². The molecule has 1 amide bonds. The zero-order valence-electron chi connectivity index (χ0n) is 24.0. The summed E-state index contributed by atoms with van der Waals surface area (Å²) in [4.78, 5) is 23.3. The van der Waals surface area contributed by atoms with Crippen molar-refractivity contribution >= 4 is 46.0 Å². The summed E-state index contributed by atoms with van der Waals surface area (Å²) < 4.78 is 0. The lowest BCUT2D eigenvalue weighted by atomic mass is 9.76. The lowest BCUT2D eigenvalue weighted by Gasteiger charge is -2.43. The van der Waals surface area contributed by atoms with E-state index < -0.39 is 0 Å². The van der Waals surface area contributed by atoms with E-state index in [-0.39, 0.29) is 5.91 Å². The van der Waals surface area contributed by atoms with Crippen LogP contribution in [0.4, 0.5) is 17.1 Å². The van der Waals surface area contributed by atoms with Gasteiger partial charge in [0.1, 0.15) is 0 Å². The molecule has 210 valence electrons. The van der Waals surface area contributed by atoms with Gasteiger partial charge in [0.05, 0.1) is 10.6 Å². The van der Waals surface area contributed by atoms with Gasteiger partial charge in [-0.3, -0.25) is 4.79 Å². The van der Waals surface area contributed by atoms with E-state index in [1.807, 2.05) is 32.3 Å². The summed E-state index contributed by atoms with van der Waals surface area (Å²) in [5.74, 6) is 0.528. The van der Waals surface area contributed by atoms with E-state index >= 15 is 0 Å². The molecule has 7 rings (SSSR count). The maximum Gasteiger partial charge on any atom is 0.264 e. The number of carbonyl (C=O) groups is 1. The standard InChI is InChI=1S/C36H34N4OS/c1-39(2)28-15-13-24(14-16-28)21-33-35(41)38-36(42-33)37-27-22-31-29(25-9-5-3-6-10-25)17-19-40-20-18-30(32(23-27)34(31)40)26-11-7-4-8-12-26/h3-16,21-23,29-30H,17-20H2,1-2H3,(H,37,38,41)/b33-21-/t29-,30-/m1/s1. The molecule has 6 heteroatoms. The van der Waals surface area contributed by atoms with Crippen LogP contribution in [-0.2, 0) is 4.79 Å². The molecule has 0 spiro atoms. The van der Waals surface area contributed by atoms with E-state index in [4.69, 9.17) is 4.99 Å². The average Bonchev–Trinajstić information content (AvgIpc) is 3.36. The number of amides is 1. The van der Waals surface area contributed by atoms with E-state index in [0.29, 0.717) is 21.9 Å². The summed E-state index contributed by atoms with van der Waals surface area (Å²) in [5.41, 5.74) is 9.78. The van der Waals surface area contributed by atoms with Crippen molar-refractivity contribution in [1.82, 2.24) is 5.32 Å². The fraction of sp³-hybridized carbons (Fsp3) is 0.222. The molecule has 0 radical (unpaired) electrons. The van der Waals surface area contributed by atoms with E-state index in [1.54, 1.807) is 0 Å². The number of thioether (sulfide) groups is 1. The molecule has 1 fully saturated rings. The summed E-state index contributed by atoms with van der Waals surface area (Å²) in [6.45, 7) is 2.12. The smallest absolute Gasteiger partial charge is 0.264 e. The van der Waals surface area contributed by atoms with Crippen molar-refractivity contribution in [3.05, 3.63) is 130 Å². The molecule has 1 N–H and O–H groups in total. The van der Waals surface area contributed by atoms with Crippen LogP contribution in [0.3, 0.4) is 0 Å². The third-order valence-electron chi connectivity index (χ3n) is 8.59. The zero-order chi connectivity index (χ0) is 28.6. The van der Waals surface area contributed by atoms with Gasteiger partial charge < -0.3 is 15.1 Å². The van der Waals surface area contributed by atoms with Crippen molar-refractivity contribution in [3.8, 4) is 0 Å². The van der Waals surface area contributed by atoms with Crippen LogP contribution in [0.2, 0.25) is 0 Å². The Bertz CT molecular complexity index is 1610. The van der Waals surface area contributed by atoms with Gasteiger partial charge in [0.25, 0.3) is 5.91 Å². The first-order valence-electron chi connectivity index (χ1n) is 14.6. The van der Waals surface area contributed by atoms with Crippen LogP contribution < -0.4 is 15.1 Å². The third-order valence-corrected chi connectivity index (χ3v) is 9.50. The molecule has 4 aromatic rings. The molecule has 3 aliphatic heterocycles. The van der Waals surface area contributed by atoms with Crippen LogP contribution in [0.25, 0.3) is 6.08 Å². The van der Waals surface area contributed by atoms with Crippen molar-refractivity contribution in [1.29, 1.82) is 0 Å². The van der Waals surface area contributed by atoms with Gasteiger partial charge in [-0.15, -0.1) is 0 Å². The highest BCUT2D eigenvalue weighted by molar-refractivity contribution is 8.18. The topological polar surface area (TPSA) is 47.9 Å². The Morgan fingerprint density at radius 2 is 1.40 bits per heavy atom. The van der Waals surface area contributed by atoms with Crippen LogP contribution in [-0.4, -0.2) is 38.3 Å².